The van der Waals surface area contributed by atoms with Crippen LogP contribution in [-0.2, 0) is 6.42 Å². The molecule has 3 heteroatoms. The summed E-state index contributed by atoms with van der Waals surface area (Å²) in [6, 6.07) is 8.45. The van der Waals surface area contributed by atoms with Crippen molar-refractivity contribution in [3.05, 3.63) is 89.0 Å². The lowest BCUT2D eigenvalue weighted by molar-refractivity contribution is 0.308. The summed E-state index contributed by atoms with van der Waals surface area (Å²) in [4.78, 5) is 0. The van der Waals surface area contributed by atoms with Crippen molar-refractivity contribution in [3.63, 3.8) is 0 Å². The quantitative estimate of drug-likeness (QED) is 0.495. The molecule has 0 unspecified atom stereocenters. The van der Waals surface area contributed by atoms with Gasteiger partial charge in [0.15, 0.2) is 0 Å². The predicted octanol–water partition coefficient (Wildman–Crippen LogP) is 6.71. The molecule has 0 radical (unpaired) electrons. The summed E-state index contributed by atoms with van der Waals surface area (Å²) in [6.45, 7) is 8.02. The Balaban J connectivity index is 1.68. The number of ether oxygens (including phenoxy) is 1. The molecule has 0 N–H and O–H groups in total. The van der Waals surface area contributed by atoms with E-state index in [1.54, 1.807) is 0 Å². The van der Waals surface area contributed by atoms with Crippen molar-refractivity contribution in [2.24, 2.45) is 0 Å². The summed E-state index contributed by atoms with van der Waals surface area (Å²) in [5.41, 5.74) is 4.72. The lowest BCUT2D eigenvalue weighted by Crippen LogP contribution is -2.01. The number of aryl methyl sites for hydroxylation is 1. The van der Waals surface area contributed by atoms with Gasteiger partial charge in [-0.1, -0.05) is 37.8 Å². The van der Waals surface area contributed by atoms with Gasteiger partial charge in [-0.2, -0.15) is 0 Å². The molecule has 3 rings (SSSR count). The van der Waals surface area contributed by atoms with E-state index in [2.05, 4.69) is 18.7 Å². The fraction of sp³-hybridized carbons (Fsp3) is 0.250. The zero-order valence-electron chi connectivity index (χ0n) is 15.8. The number of hydrogen-bond donors (Lipinski definition) is 0. The van der Waals surface area contributed by atoms with Gasteiger partial charge in [-0.3, -0.25) is 0 Å². The van der Waals surface area contributed by atoms with Crippen LogP contribution in [0.15, 0.2) is 66.3 Å². The van der Waals surface area contributed by atoms with Crippen molar-refractivity contribution in [2.45, 2.75) is 33.1 Å². The Bertz CT molecular complexity index is 899. The normalized spacial score (nSPS) is 13.2. The second kappa shape index (κ2) is 8.34. The van der Waals surface area contributed by atoms with E-state index in [1.807, 2.05) is 31.2 Å². The highest BCUT2D eigenvalue weighted by Crippen LogP contribution is 2.29. The van der Waals surface area contributed by atoms with Gasteiger partial charge in [0.05, 0.1) is 6.61 Å². The highest BCUT2D eigenvalue weighted by Gasteiger charge is 2.11. The number of benzene rings is 2. The third kappa shape index (κ3) is 4.54. The van der Waals surface area contributed by atoms with Crippen molar-refractivity contribution in [3.8, 4) is 16.9 Å². The molecule has 0 fully saturated rings. The zero-order valence-corrected chi connectivity index (χ0v) is 15.8. The van der Waals surface area contributed by atoms with Crippen molar-refractivity contribution < 1.29 is 13.5 Å². The third-order valence-electron chi connectivity index (χ3n) is 4.81. The SMILES string of the molecule is C=C1C=CC(CCCOc2ccc(-c3cc(F)c(C)c(F)c3)cc2CC)=C1. The Labute approximate surface area is 159 Å². The van der Waals surface area contributed by atoms with E-state index in [0.717, 1.165) is 41.7 Å². The van der Waals surface area contributed by atoms with Crippen LogP contribution in [-0.4, -0.2) is 6.61 Å². The molecule has 0 aliphatic heterocycles. The topological polar surface area (TPSA) is 9.23 Å². The lowest BCUT2D eigenvalue weighted by Gasteiger charge is -2.13. The second-order valence-electron chi connectivity index (χ2n) is 6.82. The van der Waals surface area contributed by atoms with E-state index in [0.29, 0.717) is 12.2 Å². The summed E-state index contributed by atoms with van der Waals surface area (Å²) in [6.07, 6.45) is 8.86. The lowest BCUT2D eigenvalue weighted by atomic mass is 9.99. The average molecular weight is 366 g/mol. The van der Waals surface area contributed by atoms with Gasteiger partial charge in [-0.25, -0.2) is 8.78 Å². The summed E-state index contributed by atoms with van der Waals surface area (Å²) in [7, 11) is 0. The van der Waals surface area contributed by atoms with Crippen molar-refractivity contribution in [1.29, 1.82) is 0 Å². The molecule has 1 nitrogen and oxygen atoms in total. The maximum Gasteiger partial charge on any atom is 0.129 e. The van der Waals surface area contributed by atoms with Gasteiger partial charge in [0.25, 0.3) is 0 Å². The molecular weight excluding hydrogens is 342 g/mol. The molecule has 140 valence electrons. The first-order chi connectivity index (χ1) is 13.0. The maximum atomic E-state index is 13.9. The van der Waals surface area contributed by atoms with Crippen LogP contribution >= 0.6 is 0 Å². The van der Waals surface area contributed by atoms with Gasteiger partial charge < -0.3 is 4.74 Å². The molecule has 27 heavy (non-hydrogen) atoms. The van der Waals surface area contributed by atoms with Crippen LogP contribution in [0.3, 0.4) is 0 Å². The molecule has 0 saturated heterocycles. The molecule has 0 spiro atoms. The second-order valence-corrected chi connectivity index (χ2v) is 6.82. The molecular formula is C24H24F2O. The molecule has 0 aromatic heterocycles. The van der Waals surface area contributed by atoms with Crippen molar-refractivity contribution in [2.75, 3.05) is 6.61 Å². The molecule has 2 aromatic rings. The Morgan fingerprint density at radius 1 is 1.00 bits per heavy atom. The Kier molecular flexibility index (Phi) is 5.90. The van der Waals surface area contributed by atoms with Crippen LogP contribution in [0.25, 0.3) is 11.1 Å². The van der Waals surface area contributed by atoms with Gasteiger partial charge in [-0.15, -0.1) is 0 Å². The highest BCUT2D eigenvalue weighted by molar-refractivity contribution is 5.66. The average Bonchev–Trinajstić information content (AvgIpc) is 3.08. The van der Waals surface area contributed by atoms with Crippen molar-refractivity contribution in [1.82, 2.24) is 0 Å². The molecule has 0 amide bonds. The molecule has 1 aliphatic carbocycles. The molecule has 0 bridgehead atoms. The van der Waals surface area contributed by atoms with E-state index < -0.39 is 11.6 Å². The van der Waals surface area contributed by atoms with E-state index >= 15 is 0 Å². The largest absolute Gasteiger partial charge is 0.493 e. The monoisotopic (exact) mass is 366 g/mol. The molecule has 0 atom stereocenters. The predicted molar refractivity (Wildman–Crippen MR) is 107 cm³/mol. The Morgan fingerprint density at radius 3 is 2.37 bits per heavy atom. The zero-order chi connectivity index (χ0) is 19.4. The van der Waals surface area contributed by atoms with Gasteiger partial charge in [-0.05, 0) is 78.3 Å². The van der Waals surface area contributed by atoms with Gasteiger partial charge in [0.1, 0.15) is 17.4 Å². The standard InChI is InChI=1S/C24H24F2O/c1-4-19-13-20(21-14-22(25)17(3)23(26)15-21)9-10-24(19)27-11-5-6-18-8-7-16(2)12-18/h7-10,12-15H,2,4-6,11H2,1,3H3. The van der Waals surface area contributed by atoms with E-state index in [9.17, 15) is 8.78 Å². The fourth-order valence-corrected chi connectivity index (χ4v) is 3.15. The van der Waals surface area contributed by atoms with E-state index in [1.165, 1.54) is 24.6 Å². The highest BCUT2D eigenvalue weighted by atomic mass is 19.1. The first-order valence-electron chi connectivity index (χ1n) is 9.27. The summed E-state index contributed by atoms with van der Waals surface area (Å²) in [5, 5.41) is 0. The molecule has 0 saturated carbocycles. The minimum atomic E-state index is -0.527. The van der Waals surface area contributed by atoms with E-state index in [-0.39, 0.29) is 5.56 Å². The first kappa shape index (κ1) is 19.1. The molecule has 2 aromatic carbocycles. The van der Waals surface area contributed by atoms with Crippen LogP contribution < -0.4 is 4.74 Å². The van der Waals surface area contributed by atoms with Crippen LogP contribution in [0.2, 0.25) is 0 Å². The smallest absolute Gasteiger partial charge is 0.129 e. The van der Waals surface area contributed by atoms with E-state index in [4.69, 9.17) is 4.74 Å². The number of rotatable bonds is 7. The third-order valence-corrected chi connectivity index (χ3v) is 4.81. The van der Waals surface area contributed by atoms with Gasteiger partial charge in [0, 0.05) is 5.56 Å². The number of hydrogen-bond acceptors (Lipinski definition) is 1. The Morgan fingerprint density at radius 2 is 1.74 bits per heavy atom. The van der Waals surface area contributed by atoms with Crippen LogP contribution in [0, 0.1) is 18.6 Å². The summed E-state index contributed by atoms with van der Waals surface area (Å²) >= 11 is 0. The summed E-state index contributed by atoms with van der Waals surface area (Å²) < 4.78 is 33.7. The number of allylic oxidation sites excluding steroid dienone is 5. The van der Waals surface area contributed by atoms with Crippen molar-refractivity contribution >= 4 is 0 Å². The summed E-state index contributed by atoms with van der Waals surface area (Å²) in [5.74, 6) is -0.225. The molecule has 1 aliphatic rings. The molecule has 0 heterocycles. The fourth-order valence-electron chi connectivity index (χ4n) is 3.15. The van der Waals surface area contributed by atoms with Crippen LogP contribution in [0.5, 0.6) is 5.75 Å². The minimum absolute atomic E-state index is 0.0465. The van der Waals surface area contributed by atoms with Gasteiger partial charge >= 0.3 is 0 Å². The van der Waals surface area contributed by atoms with Crippen LogP contribution in [0.1, 0.15) is 30.9 Å². The first-order valence-corrected chi connectivity index (χ1v) is 9.27. The van der Waals surface area contributed by atoms with Gasteiger partial charge in [0.2, 0.25) is 0 Å². The minimum Gasteiger partial charge on any atom is -0.493 e. The Hall–Kier alpha value is -2.68. The number of halogens is 2. The maximum absolute atomic E-state index is 13.9. The van der Waals surface area contributed by atoms with Crippen LogP contribution in [0.4, 0.5) is 8.78 Å².